The van der Waals surface area contributed by atoms with Crippen LogP contribution in [0.1, 0.15) is 13.8 Å². The van der Waals surface area contributed by atoms with Gasteiger partial charge < -0.3 is 15.0 Å². The van der Waals surface area contributed by atoms with Gasteiger partial charge in [0.15, 0.2) is 0 Å². The summed E-state index contributed by atoms with van der Waals surface area (Å²) in [6.07, 6.45) is 0. The van der Waals surface area contributed by atoms with Crippen LogP contribution in [0, 0.1) is 25.4 Å². The summed E-state index contributed by atoms with van der Waals surface area (Å²) in [5, 5.41) is 38.5. The van der Waals surface area contributed by atoms with Crippen LogP contribution in [-0.2, 0) is 0 Å². The highest BCUT2D eigenvalue weighted by molar-refractivity contribution is 5.74. The van der Waals surface area contributed by atoms with Crippen LogP contribution < -0.4 is 4.84 Å². The predicted molar refractivity (Wildman–Crippen MR) is 97.9 cm³/mol. The van der Waals surface area contributed by atoms with E-state index in [2.05, 4.69) is 5.28 Å². The number of hydrogen-bond acceptors (Lipinski definition) is 8. The number of nitro benzene ring substituents is 2. The Morgan fingerprint density at radius 2 is 1.72 bits per heavy atom. The number of carbonyl (C=O) groups is 1. The first kappa shape index (κ1) is 21.6. The molecule has 1 saturated heterocycles. The number of hydrazine groups is 1. The maximum absolute atomic E-state index is 12.3. The van der Waals surface area contributed by atoms with Gasteiger partial charge in [0.25, 0.3) is 5.69 Å². The number of nitrogens with zero attached hydrogens (tertiary/aromatic N) is 7. The van der Waals surface area contributed by atoms with E-state index in [4.69, 9.17) is 4.84 Å². The van der Waals surface area contributed by atoms with Crippen molar-refractivity contribution >= 4 is 17.4 Å². The molecule has 0 aromatic heterocycles. The third kappa shape index (κ3) is 5.18. The molecule has 2 amide bonds. The number of urea groups is 1. The number of hydrogen-bond donors (Lipinski definition) is 0. The highest BCUT2D eigenvalue weighted by Gasteiger charge is 2.28. The second kappa shape index (κ2) is 9.48. The second-order valence-electron chi connectivity index (χ2n) is 5.99. The molecule has 0 bridgehead atoms. The molecule has 0 N–H and O–H groups in total. The van der Waals surface area contributed by atoms with E-state index in [-0.39, 0.29) is 24.1 Å². The average molecular weight is 411 g/mol. The molecule has 1 heterocycles. The largest absolute Gasteiger partial charge is 0.569 e. The monoisotopic (exact) mass is 411 g/mol. The molecule has 14 nitrogen and oxygen atoms in total. The van der Waals surface area contributed by atoms with Gasteiger partial charge in [0.2, 0.25) is 11.0 Å². The Morgan fingerprint density at radius 3 is 2.24 bits per heavy atom. The van der Waals surface area contributed by atoms with Crippen LogP contribution >= 0.6 is 0 Å². The topological polar surface area (TPSA) is 161 Å². The van der Waals surface area contributed by atoms with Gasteiger partial charge in [-0.05, 0) is 19.9 Å². The summed E-state index contributed by atoms with van der Waals surface area (Å²) in [6, 6.07) is 2.61. The smallest absolute Gasteiger partial charge is 0.321 e. The lowest BCUT2D eigenvalue weighted by molar-refractivity contribution is -0.708. The molecule has 0 aliphatic carbocycles. The molecule has 158 valence electrons. The molecule has 1 aliphatic rings. The van der Waals surface area contributed by atoms with Crippen LogP contribution in [-0.4, -0.2) is 74.9 Å². The van der Waals surface area contributed by atoms with Crippen molar-refractivity contribution in [3.05, 3.63) is 43.6 Å². The number of benzene rings is 1. The summed E-state index contributed by atoms with van der Waals surface area (Å²) in [6.45, 7) is 5.94. The van der Waals surface area contributed by atoms with E-state index in [9.17, 15) is 30.2 Å². The van der Waals surface area contributed by atoms with Gasteiger partial charge in [0.05, 0.1) is 34.0 Å². The Balaban J connectivity index is 2.02. The van der Waals surface area contributed by atoms with Crippen molar-refractivity contribution in [3.63, 3.8) is 0 Å². The van der Waals surface area contributed by atoms with E-state index < -0.39 is 27.0 Å². The first-order chi connectivity index (χ1) is 13.8. The van der Waals surface area contributed by atoms with Gasteiger partial charge in [0.1, 0.15) is 0 Å². The Kier molecular flexibility index (Phi) is 7.05. The van der Waals surface area contributed by atoms with Crippen molar-refractivity contribution in [1.82, 2.24) is 14.8 Å². The minimum atomic E-state index is -0.870. The molecule has 0 unspecified atom stereocenters. The SMILES string of the molecule is CCN(CC)C(=O)N1CCN(/[N+]([O-])=N/Oc2ccc([N+](=O)[O-])cc2[N+](=O)[O-])CC1. The van der Waals surface area contributed by atoms with Gasteiger partial charge in [-0.25, -0.2) is 4.79 Å². The van der Waals surface area contributed by atoms with Crippen molar-refractivity contribution < 1.29 is 24.4 Å². The van der Waals surface area contributed by atoms with Crippen LogP contribution in [0.2, 0.25) is 0 Å². The zero-order chi connectivity index (χ0) is 21.6. The number of non-ortho nitro benzene ring substituents is 1. The van der Waals surface area contributed by atoms with Crippen molar-refractivity contribution in [2.24, 2.45) is 5.28 Å². The van der Waals surface area contributed by atoms with Crippen molar-refractivity contribution in [2.45, 2.75) is 13.8 Å². The summed E-state index contributed by atoms with van der Waals surface area (Å²) in [7, 11) is 0. The summed E-state index contributed by atoms with van der Waals surface area (Å²) in [4.78, 5) is 40.7. The van der Waals surface area contributed by atoms with Crippen molar-refractivity contribution in [3.8, 4) is 5.75 Å². The van der Waals surface area contributed by atoms with Crippen molar-refractivity contribution in [2.75, 3.05) is 39.3 Å². The van der Waals surface area contributed by atoms with Gasteiger partial charge in [-0.15, -0.1) is 5.01 Å². The predicted octanol–water partition coefficient (Wildman–Crippen LogP) is 1.75. The minimum absolute atomic E-state index is 0.109. The normalized spacial score (nSPS) is 14.5. The molecule has 1 aliphatic heterocycles. The van der Waals surface area contributed by atoms with Gasteiger partial charge in [-0.3, -0.25) is 25.1 Å². The van der Waals surface area contributed by atoms with Gasteiger partial charge in [-0.1, -0.05) is 0 Å². The maximum atomic E-state index is 12.3. The number of nitro groups is 2. The Bertz CT molecular complexity index is 804. The molecular weight excluding hydrogens is 390 g/mol. The first-order valence-electron chi connectivity index (χ1n) is 8.85. The maximum Gasteiger partial charge on any atom is 0.321 e. The summed E-state index contributed by atoms with van der Waals surface area (Å²) < 4.78 is 0. The van der Waals surface area contributed by atoms with Crippen molar-refractivity contribution in [1.29, 1.82) is 0 Å². The molecule has 0 radical (unpaired) electrons. The number of amides is 2. The molecule has 14 heteroatoms. The third-order valence-corrected chi connectivity index (χ3v) is 4.36. The van der Waals surface area contributed by atoms with E-state index in [0.717, 1.165) is 18.2 Å². The van der Waals surface area contributed by atoms with Crippen LogP contribution in [0.25, 0.3) is 0 Å². The molecule has 2 rings (SSSR count). The molecule has 1 aromatic carbocycles. The Labute approximate surface area is 165 Å². The van der Waals surface area contributed by atoms with E-state index in [1.54, 1.807) is 9.80 Å². The summed E-state index contributed by atoms with van der Waals surface area (Å²) >= 11 is 0. The molecule has 0 saturated carbocycles. The van der Waals surface area contributed by atoms with Gasteiger partial charge in [-0.2, -0.15) is 0 Å². The third-order valence-electron chi connectivity index (χ3n) is 4.36. The Morgan fingerprint density at radius 1 is 1.10 bits per heavy atom. The molecule has 0 atom stereocenters. The lowest BCUT2D eigenvalue weighted by Gasteiger charge is -2.34. The molecule has 1 fully saturated rings. The van der Waals surface area contributed by atoms with Crippen LogP contribution in [0.4, 0.5) is 16.2 Å². The fraction of sp³-hybridized carbons (Fsp3) is 0.533. The number of rotatable bonds is 7. The zero-order valence-corrected chi connectivity index (χ0v) is 16.0. The fourth-order valence-corrected chi connectivity index (χ4v) is 2.72. The van der Waals surface area contributed by atoms with E-state index in [1.165, 1.54) is 5.01 Å². The van der Waals surface area contributed by atoms with Crippen LogP contribution in [0.5, 0.6) is 5.75 Å². The second-order valence-corrected chi connectivity index (χ2v) is 5.99. The summed E-state index contributed by atoms with van der Waals surface area (Å²) in [5.41, 5.74) is -1.18. The van der Waals surface area contributed by atoms with E-state index >= 15 is 0 Å². The first-order valence-corrected chi connectivity index (χ1v) is 8.85. The molecule has 29 heavy (non-hydrogen) atoms. The number of carbonyl (C=O) groups excluding carboxylic acids is 1. The average Bonchev–Trinajstić information content (AvgIpc) is 2.72. The van der Waals surface area contributed by atoms with Crippen LogP contribution in [0.15, 0.2) is 23.5 Å². The molecule has 0 spiro atoms. The number of piperazine rings is 1. The van der Waals surface area contributed by atoms with Gasteiger partial charge >= 0.3 is 11.7 Å². The standard InChI is InChI=1S/C15H21N7O7/c1-3-17(4-2)15(23)18-7-9-19(10-8-18)22(28)16-29-14-6-5-12(20(24)25)11-13(14)21(26)27/h5-6,11H,3-4,7-10H2,1-2H3/b22-16-. The summed E-state index contributed by atoms with van der Waals surface area (Å²) in [5.74, 6) is -0.406. The molecule has 1 aromatic rings. The van der Waals surface area contributed by atoms with Gasteiger partial charge in [0, 0.05) is 32.2 Å². The van der Waals surface area contributed by atoms with E-state index in [1.807, 2.05) is 13.8 Å². The lowest BCUT2D eigenvalue weighted by Crippen LogP contribution is -2.54. The fourth-order valence-electron chi connectivity index (χ4n) is 2.72. The highest BCUT2D eigenvalue weighted by Crippen LogP contribution is 2.31. The quantitative estimate of drug-likeness (QED) is 0.284. The molecular formula is C15H21N7O7. The van der Waals surface area contributed by atoms with E-state index in [0.29, 0.717) is 26.2 Å². The lowest BCUT2D eigenvalue weighted by atomic mass is 10.2. The van der Waals surface area contributed by atoms with Crippen LogP contribution in [0.3, 0.4) is 0 Å². The highest BCUT2D eigenvalue weighted by atomic mass is 16.7. The zero-order valence-electron chi connectivity index (χ0n) is 16.0. The minimum Gasteiger partial charge on any atom is -0.569 e. The Hall–Kier alpha value is -3.71.